The molecule has 1 aromatic rings. The lowest BCUT2D eigenvalue weighted by Crippen LogP contribution is -2.35. The van der Waals surface area contributed by atoms with Crippen molar-refractivity contribution in [3.05, 3.63) is 28.2 Å². The van der Waals surface area contributed by atoms with E-state index in [9.17, 15) is 4.79 Å². The molecule has 18 heavy (non-hydrogen) atoms. The van der Waals surface area contributed by atoms with E-state index in [0.717, 1.165) is 10.0 Å². The molecule has 100 valence electrons. The van der Waals surface area contributed by atoms with Crippen LogP contribution in [0.15, 0.2) is 22.7 Å². The normalized spacial score (nSPS) is 12.2. The summed E-state index contributed by atoms with van der Waals surface area (Å²) in [6, 6.07) is 4.83. The van der Waals surface area contributed by atoms with Crippen LogP contribution >= 0.6 is 15.9 Å². The number of nitrogens with one attached hydrogen (secondary N) is 1. The minimum absolute atomic E-state index is 0.444. The van der Waals surface area contributed by atoms with Crippen LogP contribution in [0.25, 0.3) is 0 Å². The Kier molecular flexibility index (Phi) is 6.11. The van der Waals surface area contributed by atoms with Gasteiger partial charge in [-0.3, -0.25) is 10.1 Å². The zero-order valence-corrected chi connectivity index (χ0v) is 12.0. The summed E-state index contributed by atoms with van der Waals surface area (Å²) < 4.78 is 10.9. The van der Waals surface area contributed by atoms with E-state index in [1.807, 2.05) is 6.07 Å². The topological polar surface area (TPSA) is 73.6 Å². The third kappa shape index (κ3) is 3.97. The lowest BCUT2D eigenvalue weighted by atomic mass is 10.1. The quantitative estimate of drug-likeness (QED) is 0.742. The molecule has 0 radical (unpaired) electrons. The average molecular weight is 317 g/mol. The van der Waals surface area contributed by atoms with Gasteiger partial charge in [-0.2, -0.15) is 0 Å². The molecule has 5 nitrogen and oxygen atoms in total. The molecule has 1 rings (SSSR count). The zero-order chi connectivity index (χ0) is 13.5. The highest BCUT2D eigenvalue weighted by Gasteiger charge is 2.20. The number of amides is 1. The molecule has 0 aliphatic rings. The highest BCUT2D eigenvalue weighted by molar-refractivity contribution is 9.10. The van der Waals surface area contributed by atoms with E-state index in [0.29, 0.717) is 18.9 Å². The number of hydrogen-bond acceptors (Lipinski definition) is 4. The maximum absolute atomic E-state index is 11.5. The molecule has 1 unspecified atom stereocenters. The van der Waals surface area contributed by atoms with E-state index in [2.05, 4.69) is 21.2 Å². The first-order valence-corrected chi connectivity index (χ1v) is 6.24. The van der Waals surface area contributed by atoms with Gasteiger partial charge in [0.05, 0.1) is 13.7 Å². The number of methoxy groups -OCH3 is 2. The minimum Gasteiger partial charge on any atom is -0.497 e. The standard InChI is InChI=1S/C12H17BrN2O3/c1-17-6-5-15-11(12(14)16)9-7-8(18-2)3-4-10(9)13/h3-4,7,11,15H,5-6H2,1-2H3,(H2,14,16). The van der Waals surface area contributed by atoms with Gasteiger partial charge in [-0.1, -0.05) is 15.9 Å². The second kappa shape index (κ2) is 7.35. The summed E-state index contributed by atoms with van der Waals surface area (Å²) >= 11 is 3.40. The minimum atomic E-state index is -0.579. The highest BCUT2D eigenvalue weighted by Crippen LogP contribution is 2.27. The summed E-state index contributed by atoms with van der Waals surface area (Å²) in [5, 5.41) is 3.04. The molecule has 1 aromatic carbocycles. The molecule has 0 spiro atoms. The van der Waals surface area contributed by atoms with Crippen LogP contribution in [0.4, 0.5) is 0 Å². The number of primary amides is 1. The predicted molar refractivity (Wildman–Crippen MR) is 72.5 cm³/mol. The highest BCUT2D eigenvalue weighted by atomic mass is 79.9. The van der Waals surface area contributed by atoms with Gasteiger partial charge in [0.1, 0.15) is 11.8 Å². The Hall–Kier alpha value is -1.11. The Morgan fingerprint density at radius 3 is 2.78 bits per heavy atom. The SMILES string of the molecule is COCCNC(C(N)=O)c1cc(OC)ccc1Br. The Labute approximate surface area is 115 Å². The van der Waals surface area contributed by atoms with Gasteiger partial charge in [0.2, 0.25) is 5.91 Å². The first kappa shape index (κ1) is 14.9. The van der Waals surface area contributed by atoms with Crippen molar-refractivity contribution in [2.24, 2.45) is 5.73 Å². The molecule has 0 saturated carbocycles. The second-order valence-corrected chi connectivity index (χ2v) is 4.52. The van der Waals surface area contributed by atoms with Crippen LogP contribution in [0.1, 0.15) is 11.6 Å². The Morgan fingerprint density at radius 1 is 1.50 bits per heavy atom. The number of halogens is 1. The van der Waals surface area contributed by atoms with Gasteiger partial charge in [0.15, 0.2) is 0 Å². The lowest BCUT2D eigenvalue weighted by Gasteiger charge is -2.17. The fraction of sp³-hybridized carbons (Fsp3) is 0.417. The molecule has 0 aliphatic heterocycles. The van der Waals surface area contributed by atoms with Crippen molar-refractivity contribution in [2.45, 2.75) is 6.04 Å². The van der Waals surface area contributed by atoms with Gasteiger partial charge < -0.3 is 15.2 Å². The molecule has 1 atom stereocenters. The molecule has 3 N–H and O–H groups in total. The second-order valence-electron chi connectivity index (χ2n) is 3.67. The van der Waals surface area contributed by atoms with Crippen LogP contribution in [0.5, 0.6) is 5.75 Å². The van der Waals surface area contributed by atoms with Crippen LogP contribution in [0.2, 0.25) is 0 Å². The van der Waals surface area contributed by atoms with E-state index in [1.54, 1.807) is 26.4 Å². The number of hydrogen-bond donors (Lipinski definition) is 2. The maximum atomic E-state index is 11.5. The third-order valence-corrected chi connectivity index (χ3v) is 3.18. The van der Waals surface area contributed by atoms with Gasteiger partial charge in [-0.15, -0.1) is 0 Å². The monoisotopic (exact) mass is 316 g/mol. The van der Waals surface area contributed by atoms with Crippen LogP contribution in [-0.2, 0) is 9.53 Å². The smallest absolute Gasteiger partial charge is 0.239 e. The van der Waals surface area contributed by atoms with Gasteiger partial charge in [-0.25, -0.2) is 0 Å². The maximum Gasteiger partial charge on any atom is 0.239 e. The summed E-state index contributed by atoms with van der Waals surface area (Å²) in [7, 11) is 3.17. The van der Waals surface area contributed by atoms with Crippen molar-refractivity contribution < 1.29 is 14.3 Å². The molecule has 0 saturated heterocycles. The number of ether oxygens (including phenoxy) is 2. The summed E-state index contributed by atoms with van der Waals surface area (Å²) in [5.41, 5.74) is 6.16. The van der Waals surface area contributed by atoms with E-state index in [1.165, 1.54) is 0 Å². The molecule has 6 heteroatoms. The van der Waals surface area contributed by atoms with E-state index in [4.69, 9.17) is 15.2 Å². The van der Waals surface area contributed by atoms with Crippen LogP contribution in [0, 0.1) is 0 Å². The molecule has 0 fully saturated rings. The van der Waals surface area contributed by atoms with Crippen LogP contribution in [0.3, 0.4) is 0 Å². The first-order valence-electron chi connectivity index (χ1n) is 5.45. The van der Waals surface area contributed by atoms with Crippen molar-refractivity contribution in [1.29, 1.82) is 0 Å². The Morgan fingerprint density at radius 2 is 2.22 bits per heavy atom. The van der Waals surface area contributed by atoms with Gasteiger partial charge >= 0.3 is 0 Å². The summed E-state index contributed by atoms with van der Waals surface area (Å²) in [6.45, 7) is 1.04. The van der Waals surface area contributed by atoms with Crippen molar-refractivity contribution in [3.8, 4) is 5.75 Å². The number of nitrogens with two attached hydrogens (primary N) is 1. The molecule has 0 aromatic heterocycles. The van der Waals surface area contributed by atoms with E-state index < -0.39 is 11.9 Å². The van der Waals surface area contributed by atoms with Gasteiger partial charge in [-0.05, 0) is 23.8 Å². The molecule has 0 aliphatic carbocycles. The van der Waals surface area contributed by atoms with Crippen molar-refractivity contribution in [3.63, 3.8) is 0 Å². The predicted octanol–water partition coefficient (Wildman–Crippen LogP) is 1.22. The Balaban J connectivity index is 2.93. The van der Waals surface area contributed by atoms with Crippen molar-refractivity contribution in [1.82, 2.24) is 5.32 Å². The average Bonchev–Trinajstić information content (AvgIpc) is 2.35. The van der Waals surface area contributed by atoms with Crippen molar-refractivity contribution in [2.75, 3.05) is 27.4 Å². The molecule has 0 heterocycles. The van der Waals surface area contributed by atoms with E-state index >= 15 is 0 Å². The summed E-state index contributed by atoms with van der Waals surface area (Å²) in [5.74, 6) is 0.230. The molecular weight excluding hydrogens is 300 g/mol. The number of benzene rings is 1. The fourth-order valence-corrected chi connectivity index (χ4v) is 2.01. The molecule has 0 bridgehead atoms. The summed E-state index contributed by atoms with van der Waals surface area (Å²) in [6.07, 6.45) is 0. The lowest BCUT2D eigenvalue weighted by molar-refractivity contribution is -0.120. The first-order chi connectivity index (χ1) is 8.60. The zero-order valence-electron chi connectivity index (χ0n) is 10.4. The van der Waals surface area contributed by atoms with E-state index in [-0.39, 0.29) is 0 Å². The number of rotatable bonds is 7. The molecular formula is C12H17BrN2O3. The number of carbonyl (C=O) groups is 1. The number of carbonyl (C=O) groups excluding carboxylic acids is 1. The largest absolute Gasteiger partial charge is 0.497 e. The Bertz CT molecular complexity index is 412. The van der Waals surface area contributed by atoms with Crippen LogP contribution in [-0.4, -0.2) is 33.3 Å². The van der Waals surface area contributed by atoms with Crippen LogP contribution < -0.4 is 15.8 Å². The molecule has 1 amide bonds. The third-order valence-electron chi connectivity index (χ3n) is 2.45. The summed E-state index contributed by atoms with van der Waals surface area (Å²) in [4.78, 5) is 11.5. The van der Waals surface area contributed by atoms with Gasteiger partial charge in [0, 0.05) is 18.1 Å². The van der Waals surface area contributed by atoms with Gasteiger partial charge in [0.25, 0.3) is 0 Å². The fourth-order valence-electron chi connectivity index (χ4n) is 1.54. The van der Waals surface area contributed by atoms with Crippen molar-refractivity contribution >= 4 is 21.8 Å².